The first-order valence-electron chi connectivity index (χ1n) is 6.18. The molecule has 5 heteroatoms. The number of nitrogens with zero attached hydrogens (tertiary/aromatic N) is 2. The number of aromatic nitrogens is 2. The van der Waals surface area contributed by atoms with Gasteiger partial charge in [0.2, 0.25) is 0 Å². The van der Waals surface area contributed by atoms with Gasteiger partial charge in [0.05, 0.1) is 22.1 Å². The molecule has 2 aromatic heterocycles. The Morgan fingerprint density at radius 1 is 1.50 bits per heavy atom. The van der Waals surface area contributed by atoms with Crippen molar-refractivity contribution in [2.24, 2.45) is 0 Å². The first kappa shape index (κ1) is 13.4. The van der Waals surface area contributed by atoms with Crippen LogP contribution in [0.3, 0.4) is 0 Å². The molecule has 0 aliphatic heterocycles. The van der Waals surface area contributed by atoms with E-state index < -0.39 is 0 Å². The fraction of sp³-hybridized carbons (Fsp3) is 0.462. The molecule has 0 aromatic carbocycles. The van der Waals surface area contributed by atoms with Crippen LogP contribution in [0, 0.1) is 6.92 Å². The van der Waals surface area contributed by atoms with E-state index in [-0.39, 0.29) is 6.04 Å². The molecule has 0 saturated carbocycles. The molecule has 1 unspecified atom stereocenters. The molecule has 0 amide bonds. The lowest BCUT2D eigenvalue weighted by Gasteiger charge is -2.17. The van der Waals surface area contributed by atoms with Crippen molar-refractivity contribution in [3.8, 4) is 0 Å². The Labute approximate surface area is 115 Å². The lowest BCUT2D eigenvalue weighted by molar-refractivity contribution is 0.430. The standard InChI is InChI=1S/C13H18BrN3O/c1-4-15-12(13-10(14)6-7-18-13)11-8-9(3)16-17(11)5-2/h6-8,12,15H,4-5H2,1-3H3. The number of furan rings is 1. The lowest BCUT2D eigenvalue weighted by Crippen LogP contribution is -2.24. The summed E-state index contributed by atoms with van der Waals surface area (Å²) in [6, 6.07) is 4.05. The lowest BCUT2D eigenvalue weighted by atomic mass is 10.1. The van der Waals surface area contributed by atoms with Gasteiger partial charge in [-0.25, -0.2) is 0 Å². The van der Waals surface area contributed by atoms with E-state index in [1.54, 1.807) is 6.26 Å². The van der Waals surface area contributed by atoms with Crippen LogP contribution in [0.25, 0.3) is 0 Å². The minimum atomic E-state index is 0.0283. The molecule has 0 aliphatic carbocycles. The van der Waals surface area contributed by atoms with Gasteiger partial charge in [0.25, 0.3) is 0 Å². The molecule has 98 valence electrons. The van der Waals surface area contributed by atoms with Crippen LogP contribution < -0.4 is 5.32 Å². The summed E-state index contributed by atoms with van der Waals surface area (Å²) in [5.41, 5.74) is 2.16. The van der Waals surface area contributed by atoms with Gasteiger partial charge in [-0.1, -0.05) is 6.92 Å². The number of aryl methyl sites for hydroxylation is 2. The van der Waals surface area contributed by atoms with Crippen molar-refractivity contribution in [2.75, 3.05) is 6.54 Å². The van der Waals surface area contributed by atoms with E-state index in [1.807, 2.05) is 17.7 Å². The van der Waals surface area contributed by atoms with E-state index in [1.165, 1.54) is 0 Å². The number of rotatable bonds is 5. The van der Waals surface area contributed by atoms with Crippen molar-refractivity contribution >= 4 is 15.9 Å². The highest BCUT2D eigenvalue weighted by molar-refractivity contribution is 9.10. The van der Waals surface area contributed by atoms with Gasteiger partial charge in [0, 0.05) is 6.54 Å². The molecular formula is C13H18BrN3O. The van der Waals surface area contributed by atoms with Crippen molar-refractivity contribution in [3.05, 3.63) is 40.0 Å². The van der Waals surface area contributed by atoms with Crippen molar-refractivity contribution < 1.29 is 4.42 Å². The number of hydrogen-bond acceptors (Lipinski definition) is 3. The van der Waals surface area contributed by atoms with Gasteiger partial charge in [-0.05, 0) is 48.5 Å². The van der Waals surface area contributed by atoms with E-state index in [9.17, 15) is 0 Å². The van der Waals surface area contributed by atoms with Gasteiger partial charge < -0.3 is 9.73 Å². The summed E-state index contributed by atoms with van der Waals surface area (Å²) in [5.74, 6) is 0.895. The molecule has 0 saturated heterocycles. The van der Waals surface area contributed by atoms with Crippen molar-refractivity contribution in [1.29, 1.82) is 0 Å². The molecule has 1 atom stereocenters. The molecule has 0 fully saturated rings. The van der Waals surface area contributed by atoms with Crippen LogP contribution in [-0.2, 0) is 6.54 Å². The quantitative estimate of drug-likeness (QED) is 0.921. The monoisotopic (exact) mass is 311 g/mol. The second-order valence-corrected chi connectivity index (χ2v) is 5.00. The maximum absolute atomic E-state index is 5.59. The normalized spacial score (nSPS) is 12.9. The molecule has 0 bridgehead atoms. The Balaban J connectivity index is 2.44. The van der Waals surface area contributed by atoms with E-state index in [0.29, 0.717) is 0 Å². The Morgan fingerprint density at radius 2 is 2.28 bits per heavy atom. The van der Waals surface area contributed by atoms with Crippen molar-refractivity contribution in [2.45, 2.75) is 33.4 Å². The van der Waals surface area contributed by atoms with Crippen LogP contribution in [0.1, 0.15) is 37.0 Å². The summed E-state index contributed by atoms with van der Waals surface area (Å²) in [7, 11) is 0. The van der Waals surface area contributed by atoms with Crippen LogP contribution in [0.2, 0.25) is 0 Å². The third kappa shape index (κ3) is 2.52. The zero-order chi connectivity index (χ0) is 13.1. The highest BCUT2D eigenvalue weighted by Crippen LogP contribution is 2.29. The Morgan fingerprint density at radius 3 is 2.83 bits per heavy atom. The van der Waals surface area contributed by atoms with E-state index >= 15 is 0 Å². The summed E-state index contributed by atoms with van der Waals surface area (Å²) in [4.78, 5) is 0. The summed E-state index contributed by atoms with van der Waals surface area (Å²) < 4.78 is 8.58. The molecule has 0 radical (unpaired) electrons. The zero-order valence-electron chi connectivity index (χ0n) is 10.9. The number of halogens is 1. The molecule has 18 heavy (non-hydrogen) atoms. The molecule has 0 spiro atoms. The topological polar surface area (TPSA) is 43.0 Å². The van der Waals surface area contributed by atoms with Crippen molar-refractivity contribution in [3.63, 3.8) is 0 Å². The van der Waals surface area contributed by atoms with Gasteiger partial charge in [-0.2, -0.15) is 5.10 Å². The Hall–Kier alpha value is -1.07. The number of nitrogens with one attached hydrogen (secondary N) is 1. The van der Waals surface area contributed by atoms with Gasteiger partial charge in [-0.15, -0.1) is 0 Å². The smallest absolute Gasteiger partial charge is 0.140 e. The van der Waals surface area contributed by atoms with Gasteiger partial charge in [0.1, 0.15) is 11.8 Å². The molecule has 2 aromatic rings. The third-order valence-corrected chi connectivity index (χ3v) is 3.50. The van der Waals surface area contributed by atoms with Crippen LogP contribution in [0.5, 0.6) is 0 Å². The maximum Gasteiger partial charge on any atom is 0.140 e. The highest BCUT2D eigenvalue weighted by atomic mass is 79.9. The predicted molar refractivity (Wildman–Crippen MR) is 74.6 cm³/mol. The van der Waals surface area contributed by atoms with Crippen LogP contribution in [0.4, 0.5) is 0 Å². The maximum atomic E-state index is 5.59. The molecule has 0 aliphatic rings. The van der Waals surface area contributed by atoms with Crippen molar-refractivity contribution in [1.82, 2.24) is 15.1 Å². The summed E-state index contributed by atoms with van der Waals surface area (Å²) in [6.07, 6.45) is 1.70. The van der Waals surface area contributed by atoms with Crippen LogP contribution >= 0.6 is 15.9 Å². The van der Waals surface area contributed by atoms with E-state index in [2.05, 4.69) is 46.3 Å². The fourth-order valence-corrected chi connectivity index (χ4v) is 2.53. The van der Waals surface area contributed by atoms with Crippen LogP contribution in [0.15, 0.2) is 27.3 Å². The summed E-state index contributed by atoms with van der Waals surface area (Å²) in [5, 5.41) is 7.94. The number of hydrogen-bond donors (Lipinski definition) is 1. The minimum Gasteiger partial charge on any atom is -0.466 e. The van der Waals surface area contributed by atoms with Gasteiger partial charge in [0.15, 0.2) is 0 Å². The third-order valence-electron chi connectivity index (χ3n) is 2.84. The van der Waals surface area contributed by atoms with Gasteiger partial charge >= 0.3 is 0 Å². The predicted octanol–water partition coefficient (Wildman–Crippen LogP) is 3.27. The highest BCUT2D eigenvalue weighted by Gasteiger charge is 2.23. The molecule has 4 nitrogen and oxygen atoms in total. The fourth-order valence-electron chi connectivity index (χ4n) is 2.10. The summed E-state index contributed by atoms with van der Waals surface area (Å²) >= 11 is 3.52. The van der Waals surface area contributed by atoms with Crippen LogP contribution in [-0.4, -0.2) is 16.3 Å². The first-order chi connectivity index (χ1) is 8.67. The average Bonchev–Trinajstić information content (AvgIpc) is 2.92. The average molecular weight is 312 g/mol. The Kier molecular flexibility index (Phi) is 4.24. The SMILES string of the molecule is CCNC(c1occc1Br)c1cc(C)nn1CC. The van der Waals surface area contributed by atoms with E-state index in [4.69, 9.17) is 4.42 Å². The molecule has 2 heterocycles. The first-order valence-corrected chi connectivity index (χ1v) is 6.97. The second-order valence-electron chi connectivity index (χ2n) is 4.15. The largest absolute Gasteiger partial charge is 0.466 e. The summed E-state index contributed by atoms with van der Waals surface area (Å²) in [6.45, 7) is 7.91. The van der Waals surface area contributed by atoms with E-state index in [0.717, 1.165) is 34.7 Å². The minimum absolute atomic E-state index is 0.0283. The molecule has 2 rings (SSSR count). The second kappa shape index (κ2) is 5.71. The Bertz CT molecular complexity index is 518. The zero-order valence-corrected chi connectivity index (χ0v) is 12.5. The van der Waals surface area contributed by atoms with Gasteiger partial charge in [-0.3, -0.25) is 4.68 Å². The molecule has 1 N–H and O–H groups in total. The molecular weight excluding hydrogens is 294 g/mol.